The third-order valence-electron chi connectivity index (χ3n) is 1.25. The molecule has 0 amide bonds. The van der Waals surface area contributed by atoms with Crippen LogP contribution in [0.3, 0.4) is 0 Å². The van der Waals surface area contributed by atoms with Gasteiger partial charge < -0.3 is 0 Å². The molecule has 0 radical (unpaired) electrons. The third kappa shape index (κ3) is 1.23. The van der Waals surface area contributed by atoms with Crippen molar-refractivity contribution in [3.05, 3.63) is 17.5 Å². The van der Waals surface area contributed by atoms with Gasteiger partial charge in [0.2, 0.25) is 0 Å². The van der Waals surface area contributed by atoms with Crippen LogP contribution < -0.4 is 0 Å². The van der Waals surface area contributed by atoms with Gasteiger partial charge in [-0.3, -0.25) is 0 Å². The molecule has 0 aliphatic carbocycles. The highest BCUT2D eigenvalue weighted by molar-refractivity contribution is 5.45. The first-order valence-corrected chi connectivity index (χ1v) is 3.32. The van der Waals surface area contributed by atoms with Crippen molar-refractivity contribution in [3.8, 4) is 0 Å². The highest BCUT2D eigenvalue weighted by atomic mass is 16.6. The van der Waals surface area contributed by atoms with E-state index in [4.69, 9.17) is 0 Å². The van der Waals surface area contributed by atoms with Crippen LogP contribution in [0.15, 0.2) is 10.7 Å². The lowest BCUT2D eigenvalue weighted by molar-refractivity contribution is 0.303. The molecule has 0 aliphatic heterocycles. The Hall–Kier alpha value is -1.12. The van der Waals surface area contributed by atoms with E-state index in [2.05, 4.69) is 14.9 Å². The first-order chi connectivity index (χ1) is 4.88. The van der Waals surface area contributed by atoms with Gasteiger partial charge in [-0.2, -0.15) is 0 Å². The van der Waals surface area contributed by atoms with E-state index in [0.29, 0.717) is 0 Å². The number of aromatic nitrogens is 2. The van der Waals surface area contributed by atoms with Crippen molar-refractivity contribution >= 4 is 6.08 Å². The second-order valence-electron chi connectivity index (χ2n) is 1.95. The quantitative estimate of drug-likeness (QED) is 0.624. The van der Waals surface area contributed by atoms with E-state index in [1.807, 2.05) is 26.0 Å². The molecular formula is C7H10N2O. The molecule has 0 aromatic carbocycles. The predicted molar refractivity (Wildman–Crippen MR) is 38.4 cm³/mol. The molecule has 1 heterocycles. The number of allylic oxidation sites excluding steroid dienone is 1. The van der Waals surface area contributed by atoms with Gasteiger partial charge in [-0.25, -0.2) is 4.63 Å². The van der Waals surface area contributed by atoms with E-state index in [1.165, 1.54) is 0 Å². The number of nitrogens with zero attached hydrogens (tertiary/aromatic N) is 2. The minimum absolute atomic E-state index is 0.838. The van der Waals surface area contributed by atoms with E-state index in [1.54, 1.807) is 0 Å². The first kappa shape index (κ1) is 6.99. The summed E-state index contributed by atoms with van der Waals surface area (Å²) in [5.41, 5.74) is 1.75. The molecule has 54 valence electrons. The van der Waals surface area contributed by atoms with E-state index in [0.717, 1.165) is 17.8 Å². The minimum Gasteiger partial charge on any atom is -0.244 e. The van der Waals surface area contributed by atoms with E-state index < -0.39 is 0 Å². The molecule has 3 heteroatoms. The standard InChI is InChI=1S/C7H10N2O/c1-3-5-7-6(4-2)8-10-9-7/h3,5H,4H2,1-2H3/b5-3-. The van der Waals surface area contributed by atoms with E-state index in [9.17, 15) is 0 Å². The highest BCUT2D eigenvalue weighted by Gasteiger charge is 2.01. The van der Waals surface area contributed by atoms with Gasteiger partial charge in [-0.1, -0.05) is 23.3 Å². The molecule has 0 fully saturated rings. The molecule has 1 rings (SSSR count). The maximum atomic E-state index is 4.54. The van der Waals surface area contributed by atoms with Crippen molar-refractivity contribution in [2.24, 2.45) is 0 Å². The van der Waals surface area contributed by atoms with Gasteiger partial charge in [0.05, 0.1) is 0 Å². The number of aryl methyl sites for hydroxylation is 1. The SMILES string of the molecule is C/C=C\c1nonc1CC. The van der Waals surface area contributed by atoms with E-state index in [-0.39, 0.29) is 0 Å². The molecule has 3 nitrogen and oxygen atoms in total. The molecule has 0 saturated carbocycles. The Balaban J connectivity index is 2.90. The Labute approximate surface area is 59.7 Å². The van der Waals surface area contributed by atoms with Crippen molar-refractivity contribution in [1.29, 1.82) is 0 Å². The Bertz CT molecular complexity index is 227. The second kappa shape index (κ2) is 3.15. The molecule has 1 aromatic heterocycles. The van der Waals surface area contributed by atoms with Crippen LogP contribution >= 0.6 is 0 Å². The number of hydrogen-bond acceptors (Lipinski definition) is 3. The molecular weight excluding hydrogens is 128 g/mol. The fraction of sp³-hybridized carbons (Fsp3) is 0.429. The summed E-state index contributed by atoms with van der Waals surface area (Å²) in [6.45, 7) is 3.96. The summed E-state index contributed by atoms with van der Waals surface area (Å²) < 4.78 is 4.54. The van der Waals surface area contributed by atoms with Gasteiger partial charge in [0.25, 0.3) is 0 Å². The van der Waals surface area contributed by atoms with Crippen LogP contribution in [0.4, 0.5) is 0 Å². The summed E-state index contributed by atoms with van der Waals surface area (Å²) in [4.78, 5) is 0. The van der Waals surface area contributed by atoms with Gasteiger partial charge in [0.1, 0.15) is 11.4 Å². The smallest absolute Gasteiger partial charge is 0.130 e. The maximum Gasteiger partial charge on any atom is 0.130 e. The first-order valence-electron chi connectivity index (χ1n) is 3.32. The van der Waals surface area contributed by atoms with Gasteiger partial charge in [0.15, 0.2) is 0 Å². The van der Waals surface area contributed by atoms with Crippen LogP contribution in [0.5, 0.6) is 0 Å². The average molecular weight is 138 g/mol. The topological polar surface area (TPSA) is 38.9 Å². The zero-order valence-electron chi connectivity index (χ0n) is 6.16. The molecule has 0 atom stereocenters. The monoisotopic (exact) mass is 138 g/mol. The molecule has 10 heavy (non-hydrogen) atoms. The molecule has 1 aromatic rings. The fourth-order valence-corrected chi connectivity index (χ4v) is 0.743. The second-order valence-corrected chi connectivity index (χ2v) is 1.95. The van der Waals surface area contributed by atoms with Crippen LogP contribution in [0.2, 0.25) is 0 Å². The molecule has 0 bridgehead atoms. The van der Waals surface area contributed by atoms with E-state index >= 15 is 0 Å². The van der Waals surface area contributed by atoms with Crippen molar-refractivity contribution in [2.75, 3.05) is 0 Å². The molecule has 0 N–H and O–H groups in total. The predicted octanol–water partition coefficient (Wildman–Crippen LogP) is 1.67. The lowest BCUT2D eigenvalue weighted by Gasteiger charge is -1.83. The Kier molecular flexibility index (Phi) is 2.20. The Morgan fingerprint density at radius 1 is 1.50 bits per heavy atom. The van der Waals surface area contributed by atoms with Gasteiger partial charge in [0, 0.05) is 0 Å². The maximum absolute atomic E-state index is 4.54. The van der Waals surface area contributed by atoms with Gasteiger partial charge in [-0.05, 0) is 19.4 Å². The van der Waals surface area contributed by atoms with Crippen molar-refractivity contribution < 1.29 is 4.63 Å². The van der Waals surface area contributed by atoms with Gasteiger partial charge in [-0.15, -0.1) is 0 Å². The lowest BCUT2D eigenvalue weighted by atomic mass is 10.2. The average Bonchev–Trinajstić information content (AvgIpc) is 2.36. The van der Waals surface area contributed by atoms with Crippen molar-refractivity contribution in [2.45, 2.75) is 20.3 Å². The minimum atomic E-state index is 0.838. The largest absolute Gasteiger partial charge is 0.244 e. The zero-order valence-corrected chi connectivity index (χ0v) is 6.16. The summed E-state index contributed by atoms with van der Waals surface area (Å²) in [5.74, 6) is 0. The zero-order chi connectivity index (χ0) is 7.40. The van der Waals surface area contributed by atoms with Crippen molar-refractivity contribution in [3.63, 3.8) is 0 Å². The Morgan fingerprint density at radius 2 is 2.30 bits per heavy atom. The summed E-state index contributed by atoms with van der Waals surface area (Å²) in [6.07, 6.45) is 4.66. The number of rotatable bonds is 2. The molecule has 0 saturated heterocycles. The van der Waals surface area contributed by atoms with Crippen LogP contribution in [0.1, 0.15) is 25.2 Å². The summed E-state index contributed by atoms with van der Waals surface area (Å²) in [7, 11) is 0. The summed E-state index contributed by atoms with van der Waals surface area (Å²) in [5, 5.41) is 7.42. The van der Waals surface area contributed by atoms with Crippen molar-refractivity contribution in [1.82, 2.24) is 10.3 Å². The highest BCUT2D eigenvalue weighted by Crippen LogP contribution is 2.04. The molecule has 0 unspecified atom stereocenters. The van der Waals surface area contributed by atoms with Gasteiger partial charge >= 0.3 is 0 Å². The van der Waals surface area contributed by atoms with Crippen LogP contribution in [-0.4, -0.2) is 10.3 Å². The Morgan fingerprint density at radius 3 is 2.90 bits per heavy atom. The van der Waals surface area contributed by atoms with Crippen LogP contribution in [0, 0.1) is 0 Å². The lowest BCUT2D eigenvalue weighted by Crippen LogP contribution is -1.82. The third-order valence-corrected chi connectivity index (χ3v) is 1.25. The normalized spacial score (nSPS) is 11.0. The number of hydrogen-bond donors (Lipinski definition) is 0. The fourth-order valence-electron chi connectivity index (χ4n) is 0.743. The summed E-state index contributed by atoms with van der Waals surface area (Å²) >= 11 is 0. The van der Waals surface area contributed by atoms with Crippen LogP contribution in [-0.2, 0) is 6.42 Å². The molecule has 0 spiro atoms. The summed E-state index contributed by atoms with van der Waals surface area (Å²) in [6, 6.07) is 0. The molecule has 0 aliphatic rings. The van der Waals surface area contributed by atoms with Crippen LogP contribution in [0.25, 0.3) is 6.08 Å².